The summed E-state index contributed by atoms with van der Waals surface area (Å²) in [5.41, 5.74) is -0.237. The lowest BCUT2D eigenvalue weighted by molar-refractivity contribution is -0.384. The molecule has 0 atom stereocenters. The first kappa shape index (κ1) is 16.1. The summed E-state index contributed by atoms with van der Waals surface area (Å²) in [5.74, 6) is 0.316. The maximum atomic E-state index is 11.6. The van der Waals surface area contributed by atoms with Gasteiger partial charge in [0.15, 0.2) is 9.84 Å². The highest BCUT2D eigenvalue weighted by Gasteiger charge is 2.27. The Bertz CT molecular complexity index is 896. The zero-order valence-corrected chi connectivity index (χ0v) is 13.5. The maximum Gasteiger partial charge on any atom is 0.329 e. The summed E-state index contributed by atoms with van der Waals surface area (Å²) in [6.07, 6.45) is 4.00. The number of nitrogens with zero attached hydrogens (tertiary/aromatic N) is 3. The molecule has 10 heteroatoms. The van der Waals surface area contributed by atoms with Crippen LogP contribution in [-0.4, -0.2) is 35.6 Å². The SMILES string of the molecule is CS(=O)(=O)c1cccc(Oc2ncc([N+](=O)[O-])c(NC3CC3)n2)c1. The highest BCUT2D eigenvalue weighted by Crippen LogP contribution is 2.31. The van der Waals surface area contributed by atoms with Gasteiger partial charge in [-0.2, -0.15) is 9.97 Å². The van der Waals surface area contributed by atoms with E-state index in [4.69, 9.17) is 4.74 Å². The number of hydrogen-bond acceptors (Lipinski definition) is 8. The van der Waals surface area contributed by atoms with Crippen LogP contribution in [0.1, 0.15) is 12.8 Å². The van der Waals surface area contributed by atoms with E-state index < -0.39 is 14.8 Å². The molecule has 0 unspecified atom stereocenters. The maximum absolute atomic E-state index is 11.6. The van der Waals surface area contributed by atoms with Crippen molar-refractivity contribution in [3.8, 4) is 11.8 Å². The molecule has 1 aromatic carbocycles. The van der Waals surface area contributed by atoms with Crippen LogP contribution in [0.15, 0.2) is 35.4 Å². The predicted molar refractivity (Wildman–Crippen MR) is 85.0 cm³/mol. The molecule has 0 radical (unpaired) electrons. The molecule has 1 aromatic heterocycles. The monoisotopic (exact) mass is 350 g/mol. The Morgan fingerprint density at radius 2 is 2.12 bits per heavy atom. The van der Waals surface area contributed by atoms with Gasteiger partial charge in [-0.15, -0.1) is 0 Å². The molecular formula is C14H14N4O5S. The molecule has 2 aromatic rings. The summed E-state index contributed by atoms with van der Waals surface area (Å²) in [6, 6.07) is 5.93. The van der Waals surface area contributed by atoms with Crippen molar-refractivity contribution in [3.63, 3.8) is 0 Å². The second-order valence-corrected chi connectivity index (χ2v) is 7.43. The zero-order chi connectivity index (χ0) is 17.3. The highest BCUT2D eigenvalue weighted by atomic mass is 32.2. The number of sulfone groups is 1. The number of aromatic nitrogens is 2. The van der Waals surface area contributed by atoms with Crippen LogP contribution in [0, 0.1) is 10.1 Å². The number of rotatable bonds is 6. The molecule has 1 aliphatic rings. The van der Waals surface area contributed by atoms with Crippen molar-refractivity contribution in [1.29, 1.82) is 0 Å². The van der Waals surface area contributed by atoms with Crippen LogP contribution < -0.4 is 10.1 Å². The van der Waals surface area contributed by atoms with Gasteiger partial charge >= 0.3 is 11.7 Å². The molecule has 1 fully saturated rings. The average molecular weight is 350 g/mol. The number of benzene rings is 1. The Morgan fingerprint density at radius 1 is 1.38 bits per heavy atom. The fraction of sp³-hybridized carbons (Fsp3) is 0.286. The molecule has 0 aliphatic heterocycles. The smallest absolute Gasteiger partial charge is 0.329 e. The molecule has 3 rings (SSSR count). The van der Waals surface area contributed by atoms with Crippen LogP contribution >= 0.6 is 0 Å². The summed E-state index contributed by atoms with van der Waals surface area (Å²) in [7, 11) is -3.37. The third-order valence-electron chi connectivity index (χ3n) is 3.31. The summed E-state index contributed by atoms with van der Waals surface area (Å²) >= 11 is 0. The number of nitro groups is 1. The normalized spacial score (nSPS) is 14.2. The van der Waals surface area contributed by atoms with Crippen LogP contribution in [0.4, 0.5) is 11.5 Å². The molecule has 24 heavy (non-hydrogen) atoms. The fourth-order valence-corrected chi connectivity index (χ4v) is 2.60. The molecule has 0 saturated heterocycles. The highest BCUT2D eigenvalue weighted by molar-refractivity contribution is 7.90. The van der Waals surface area contributed by atoms with Gasteiger partial charge in [0, 0.05) is 12.3 Å². The van der Waals surface area contributed by atoms with E-state index in [0.29, 0.717) is 0 Å². The molecule has 0 bridgehead atoms. The predicted octanol–water partition coefficient (Wildman–Crippen LogP) is 2.15. The fourth-order valence-electron chi connectivity index (χ4n) is 1.94. The Hall–Kier alpha value is -2.75. The lowest BCUT2D eigenvalue weighted by atomic mass is 10.3. The van der Waals surface area contributed by atoms with E-state index >= 15 is 0 Å². The molecule has 0 spiro atoms. The van der Waals surface area contributed by atoms with Gasteiger partial charge in [0.25, 0.3) is 0 Å². The van der Waals surface area contributed by atoms with Crippen molar-refractivity contribution in [3.05, 3.63) is 40.6 Å². The quantitative estimate of drug-likeness (QED) is 0.620. The third-order valence-corrected chi connectivity index (χ3v) is 4.42. The second-order valence-electron chi connectivity index (χ2n) is 5.41. The van der Waals surface area contributed by atoms with E-state index in [2.05, 4.69) is 15.3 Å². The van der Waals surface area contributed by atoms with Gasteiger partial charge in [0.05, 0.1) is 9.82 Å². The van der Waals surface area contributed by atoms with Crippen molar-refractivity contribution in [2.75, 3.05) is 11.6 Å². The van der Waals surface area contributed by atoms with Crippen LogP contribution in [0.25, 0.3) is 0 Å². The topological polar surface area (TPSA) is 124 Å². The van der Waals surface area contributed by atoms with Gasteiger partial charge < -0.3 is 10.1 Å². The third kappa shape index (κ3) is 3.77. The zero-order valence-electron chi connectivity index (χ0n) is 12.7. The van der Waals surface area contributed by atoms with Crippen molar-refractivity contribution in [2.24, 2.45) is 0 Å². The van der Waals surface area contributed by atoms with E-state index in [-0.39, 0.29) is 34.2 Å². The Labute approximate surface area is 137 Å². The molecular weight excluding hydrogens is 336 g/mol. The lowest BCUT2D eigenvalue weighted by Crippen LogP contribution is -2.08. The molecule has 0 amide bonds. The number of nitrogens with one attached hydrogen (secondary N) is 1. The van der Waals surface area contributed by atoms with Crippen molar-refractivity contribution >= 4 is 21.3 Å². The van der Waals surface area contributed by atoms with Crippen molar-refractivity contribution < 1.29 is 18.1 Å². The minimum atomic E-state index is -3.37. The first-order valence-electron chi connectivity index (χ1n) is 7.09. The van der Waals surface area contributed by atoms with Gasteiger partial charge in [-0.1, -0.05) is 6.07 Å². The van der Waals surface area contributed by atoms with E-state index in [1.165, 1.54) is 18.2 Å². The minimum absolute atomic E-state index is 0.0896. The number of hydrogen-bond donors (Lipinski definition) is 1. The summed E-state index contributed by atoms with van der Waals surface area (Å²) < 4.78 is 28.6. The van der Waals surface area contributed by atoms with Gasteiger partial charge in [-0.05, 0) is 31.0 Å². The van der Waals surface area contributed by atoms with Crippen molar-refractivity contribution in [1.82, 2.24) is 9.97 Å². The summed E-state index contributed by atoms with van der Waals surface area (Å²) in [6.45, 7) is 0. The van der Waals surface area contributed by atoms with Gasteiger partial charge in [0.1, 0.15) is 11.9 Å². The van der Waals surface area contributed by atoms with E-state index in [1.54, 1.807) is 6.07 Å². The molecule has 1 saturated carbocycles. The second kappa shape index (κ2) is 6.04. The minimum Gasteiger partial charge on any atom is -0.424 e. The summed E-state index contributed by atoms with van der Waals surface area (Å²) in [5, 5.41) is 14.0. The Morgan fingerprint density at radius 3 is 2.75 bits per heavy atom. The molecule has 1 N–H and O–H groups in total. The van der Waals surface area contributed by atoms with Gasteiger partial charge in [0.2, 0.25) is 5.82 Å². The summed E-state index contributed by atoms with van der Waals surface area (Å²) in [4.78, 5) is 18.4. The van der Waals surface area contributed by atoms with Gasteiger partial charge in [-0.3, -0.25) is 10.1 Å². The van der Waals surface area contributed by atoms with Crippen molar-refractivity contribution in [2.45, 2.75) is 23.8 Å². The number of ether oxygens (including phenoxy) is 1. The Kier molecular flexibility index (Phi) is 4.06. The van der Waals surface area contributed by atoms with Crippen LogP contribution in [0.5, 0.6) is 11.8 Å². The largest absolute Gasteiger partial charge is 0.424 e. The number of anilines is 1. The van der Waals surface area contributed by atoms with E-state index in [1.807, 2.05) is 0 Å². The standard InChI is InChI=1S/C14H14N4O5S/c1-24(21,22)11-4-2-3-10(7-11)23-14-15-8-12(18(19)20)13(17-14)16-9-5-6-9/h2-4,7-9H,5-6H2,1H3,(H,15,16,17). The molecule has 1 heterocycles. The van der Waals surface area contributed by atoms with Crippen LogP contribution in [-0.2, 0) is 9.84 Å². The molecule has 126 valence electrons. The Balaban J connectivity index is 1.88. The van der Waals surface area contributed by atoms with E-state index in [9.17, 15) is 18.5 Å². The molecule has 9 nitrogen and oxygen atoms in total. The van der Waals surface area contributed by atoms with Crippen LogP contribution in [0.2, 0.25) is 0 Å². The van der Waals surface area contributed by atoms with Crippen LogP contribution in [0.3, 0.4) is 0 Å². The first-order valence-corrected chi connectivity index (χ1v) is 8.98. The average Bonchev–Trinajstić information content (AvgIpc) is 3.30. The first-order chi connectivity index (χ1) is 11.3. The van der Waals surface area contributed by atoms with E-state index in [0.717, 1.165) is 25.3 Å². The molecule has 1 aliphatic carbocycles. The lowest BCUT2D eigenvalue weighted by Gasteiger charge is -2.08. The van der Waals surface area contributed by atoms with Gasteiger partial charge in [-0.25, -0.2) is 8.42 Å².